The van der Waals surface area contributed by atoms with Crippen LogP contribution in [0.1, 0.15) is 44.2 Å². The van der Waals surface area contributed by atoms with Gasteiger partial charge in [-0.2, -0.15) is 0 Å². The molecule has 0 saturated carbocycles. The molecular weight excluding hydrogens is 502 g/mol. The van der Waals surface area contributed by atoms with E-state index in [1.54, 1.807) is 38.3 Å². The predicted molar refractivity (Wildman–Crippen MR) is 144 cm³/mol. The van der Waals surface area contributed by atoms with Gasteiger partial charge in [0.05, 0.1) is 19.1 Å². The molecule has 1 N–H and O–H groups in total. The van der Waals surface area contributed by atoms with E-state index in [1.807, 2.05) is 26.0 Å². The monoisotopic (exact) mass is 537 g/mol. The van der Waals surface area contributed by atoms with Gasteiger partial charge in [-0.3, -0.25) is 13.9 Å². The molecule has 0 aliphatic carbocycles. The highest BCUT2D eigenvalue weighted by atomic mass is 35.5. The number of carbonyl (C=O) groups excluding carboxylic acids is 2. The summed E-state index contributed by atoms with van der Waals surface area (Å²) in [5.41, 5.74) is 1.76. The van der Waals surface area contributed by atoms with Crippen molar-refractivity contribution in [2.45, 2.75) is 52.6 Å². The van der Waals surface area contributed by atoms with Gasteiger partial charge < -0.3 is 15.0 Å². The van der Waals surface area contributed by atoms with E-state index in [9.17, 15) is 18.0 Å². The quantitative estimate of drug-likeness (QED) is 0.387. The Bertz CT molecular complexity index is 1140. The number of rotatable bonds is 13. The zero-order chi connectivity index (χ0) is 26.9. The smallest absolute Gasteiger partial charge is 0.244 e. The lowest BCUT2D eigenvalue weighted by atomic mass is 10.1. The molecule has 2 rings (SSSR count). The van der Waals surface area contributed by atoms with Crippen LogP contribution in [-0.4, -0.2) is 57.6 Å². The first-order chi connectivity index (χ1) is 17.0. The Morgan fingerprint density at radius 2 is 1.78 bits per heavy atom. The fraction of sp³-hybridized carbons (Fsp3) is 0.462. The number of unbranched alkanes of at least 4 members (excludes halogenated alkanes) is 1. The number of nitrogens with zero attached hydrogens (tertiary/aromatic N) is 2. The number of aryl methyl sites for hydroxylation is 1. The maximum absolute atomic E-state index is 13.7. The van der Waals surface area contributed by atoms with Gasteiger partial charge in [0.2, 0.25) is 21.8 Å². The van der Waals surface area contributed by atoms with Gasteiger partial charge >= 0.3 is 0 Å². The highest BCUT2D eigenvalue weighted by Crippen LogP contribution is 2.27. The molecule has 0 fully saturated rings. The lowest BCUT2D eigenvalue weighted by molar-refractivity contribution is -0.140. The van der Waals surface area contributed by atoms with E-state index in [-0.39, 0.29) is 12.5 Å². The largest absolute Gasteiger partial charge is 0.497 e. The summed E-state index contributed by atoms with van der Waals surface area (Å²) in [4.78, 5) is 28.2. The molecule has 8 nitrogen and oxygen atoms in total. The molecule has 0 heterocycles. The normalized spacial score (nSPS) is 12.1. The number of ether oxygens (including phenoxy) is 1. The van der Waals surface area contributed by atoms with Crippen LogP contribution in [0.15, 0.2) is 42.5 Å². The predicted octanol–water partition coefficient (Wildman–Crippen LogP) is 4.15. The Labute approximate surface area is 219 Å². The van der Waals surface area contributed by atoms with E-state index in [0.717, 1.165) is 29.0 Å². The van der Waals surface area contributed by atoms with Crippen molar-refractivity contribution in [2.75, 3.05) is 30.8 Å². The van der Waals surface area contributed by atoms with Crippen LogP contribution in [0.25, 0.3) is 0 Å². The van der Waals surface area contributed by atoms with Gasteiger partial charge in [-0.1, -0.05) is 50.1 Å². The van der Waals surface area contributed by atoms with Crippen molar-refractivity contribution in [1.29, 1.82) is 0 Å². The van der Waals surface area contributed by atoms with Gasteiger partial charge in [-0.25, -0.2) is 8.42 Å². The average Bonchev–Trinajstić information content (AvgIpc) is 2.83. The SMILES string of the molecule is CCCCNC(=O)[C@H](CC)N(Cc1ccc(OC)cc1)C(=O)CN(c1cc(Cl)ccc1C)S(C)(=O)=O. The molecule has 10 heteroatoms. The number of amides is 2. The molecule has 0 aromatic heterocycles. The molecule has 0 spiro atoms. The van der Waals surface area contributed by atoms with E-state index in [1.165, 1.54) is 11.0 Å². The topological polar surface area (TPSA) is 96.0 Å². The van der Waals surface area contributed by atoms with Crippen molar-refractivity contribution in [1.82, 2.24) is 10.2 Å². The number of anilines is 1. The van der Waals surface area contributed by atoms with Crippen molar-refractivity contribution in [3.05, 3.63) is 58.6 Å². The summed E-state index contributed by atoms with van der Waals surface area (Å²) in [5.74, 6) is -0.0913. The van der Waals surface area contributed by atoms with Crippen LogP contribution in [0.2, 0.25) is 5.02 Å². The molecule has 0 bridgehead atoms. The van der Waals surface area contributed by atoms with Crippen LogP contribution in [0, 0.1) is 6.92 Å². The Morgan fingerprint density at radius 3 is 2.33 bits per heavy atom. The second-order valence-corrected chi connectivity index (χ2v) is 11.0. The summed E-state index contributed by atoms with van der Waals surface area (Å²) in [6, 6.07) is 11.3. The van der Waals surface area contributed by atoms with Crippen molar-refractivity contribution in [2.24, 2.45) is 0 Å². The van der Waals surface area contributed by atoms with E-state index in [2.05, 4.69) is 5.32 Å². The summed E-state index contributed by atoms with van der Waals surface area (Å²) in [6.07, 6.45) is 3.16. The summed E-state index contributed by atoms with van der Waals surface area (Å²) >= 11 is 6.14. The zero-order valence-electron chi connectivity index (χ0n) is 21.6. The standard InChI is InChI=1S/C26H36ClN3O5S/c1-6-8-15-28-26(32)23(7-2)29(17-20-10-13-22(35-4)14-11-20)25(31)18-30(36(5,33)34)24-16-21(27)12-9-19(24)3/h9-14,16,23H,6-8,15,17-18H2,1-5H3,(H,28,32)/t23-/m0/s1. The number of methoxy groups -OCH3 is 1. The van der Waals surface area contributed by atoms with Gasteiger partial charge in [-0.15, -0.1) is 0 Å². The maximum atomic E-state index is 13.7. The highest BCUT2D eigenvalue weighted by molar-refractivity contribution is 7.92. The van der Waals surface area contributed by atoms with Crippen molar-refractivity contribution in [3.63, 3.8) is 0 Å². The lowest BCUT2D eigenvalue weighted by Gasteiger charge is -2.33. The Morgan fingerprint density at radius 1 is 1.11 bits per heavy atom. The van der Waals surface area contributed by atoms with E-state index in [0.29, 0.717) is 35.0 Å². The molecule has 0 aliphatic heterocycles. The number of hydrogen-bond donors (Lipinski definition) is 1. The third kappa shape index (κ3) is 8.13. The molecule has 0 saturated heterocycles. The summed E-state index contributed by atoms with van der Waals surface area (Å²) in [6.45, 7) is 5.78. The minimum Gasteiger partial charge on any atom is -0.497 e. The molecule has 0 unspecified atom stereocenters. The minimum atomic E-state index is -3.83. The Hall–Kier alpha value is -2.78. The van der Waals surface area contributed by atoms with Gasteiger partial charge in [0.25, 0.3) is 0 Å². The van der Waals surface area contributed by atoms with Crippen LogP contribution in [0.5, 0.6) is 5.75 Å². The molecule has 36 heavy (non-hydrogen) atoms. The lowest BCUT2D eigenvalue weighted by Crippen LogP contribution is -2.52. The third-order valence-electron chi connectivity index (χ3n) is 5.85. The van der Waals surface area contributed by atoms with Crippen LogP contribution in [0.4, 0.5) is 5.69 Å². The maximum Gasteiger partial charge on any atom is 0.244 e. The number of benzene rings is 2. The van der Waals surface area contributed by atoms with Crippen molar-refractivity contribution in [3.8, 4) is 5.75 Å². The van der Waals surface area contributed by atoms with Gasteiger partial charge in [0.1, 0.15) is 18.3 Å². The zero-order valence-corrected chi connectivity index (χ0v) is 23.2. The van der Waals surface area contributed by atoms with Crippen LogP contribution in [-0.2, 0) is 26.2 Å². The molecule has 2 amide bonds. The first kappa shape index (κ1) is 29.5. The molecule has 0 radical (unpaired) electrons. The van der Waals surface area contributed by atoms with Gasteiger partial charge in [0.15, 0.2) is 0 Å². The summed E-state index contributed by atoms with van der Waals surface area (Å²) in [5, 5.41) is 3.26. The van der Waals surface area contributed by atoms with E-state index in [4.69, 9.17) is 16.3 Å². The molecular formula is C26H36ClN3O5S. The van der Waals surface area contributed by atoms with Crippen molar-refractivity contribution >= 4 is 39.1 Å². The second kappa shape index (κ2) is 13.5. The first-order valence-electron chi connectivity index (χ1n) is 12.0. The molecule has 0 aliphatic rings. The number of hydrogen-bond acceptors (Lipinski definition) is 5. The van der Waals surface area contributed by atoms with Crippen molar-refractivity contribution < 1.29 is 22.7 Å². The van der Waals surface area contributed by atoms with Gasteiger partial charge in [-0.05, 0) is 55.2 Å². The minimum absolute atomic E-state index is 0.134. The highest BCUT2D eigenvalue weighted by Gasteiger charge is 2.32. The van der Waals surface area contributed by atoms with E-state index >= 15 is 0 Å². The fourth-order valence-corrected chi connectivity index (χ4v) is 4.86. The number of halogens is 1. The molecule has 1 atom stereocenters. The number of sulfonamides is 1. The molecule has 198 valence electrons. The second-order valence-electron chi connectivity index (χ2n) is 8.64. The number of carbonyl (C=O) groups is 2. The molecule has 2 aromatic rings. The Balaban J connectivity index is 2.44. The summed E-state index contributed by atoms with van der Waals surface area (Å²) in [7, 11) is -2.26. The summed E-state index contributed by atoms with van der Waals surface area (Å²) < 4.78 is 31.8. The van der Waals surface area contributed by atoms with Crippen LogP contribution in [0.3, 0.4) is 0 Å². The first-order valence-corrected chi connectivity index (χ1v) is 14.2. The third-order valence-corrected chi connectivity index (χ3v) is 7.21. The van der Waals surface area contributed by atoms with Crippen LogP contribution < -0.4 is 14.4 Å². The number of nitrogens with one attached hydrogen (secondary N) is 1. The van der Waals surface area contributed by atoms with E-state index < -0.39 is 28.5 Å². The average molecular weight is 538 g/mol. The van der Waals surface area contributed by atoms with Crippen LogP contribution >= 0.6 is 11.6 Å². The Kier molecular flexibility index (Phi) is 11.0. The van der Waals surface area contributed by atoms with Gasteiger partial charge in [0, 0.05) is 18.1 Å². The molecule has 2 aromatic carbocycles. The fourth-order valence-electron chi connectivity index (χ4n) is 3.80.